The third-order valence-electron chi connectivity index (χ3n) is 8.16. The van der Waals surface area contributed by atoms with Crippen molar-refractivity contribution in [2.45, 2.75) is 70.6 Å². The predicted octanol–water partition coefficient (Wildman–Crippen LogP) is 4.97. The molecule has 1 aromatic heterocycles. The molecule has 9 nitrogen and oxygen atoms in total. The maximum Gasteiger partial charge on any atom is 0.406 e. The molecular weight excluding hydrogens is 568 g/mol. The summed E-state index contributed by atoms with van der Waals surface area (Å²) in [7, 11) is 4.34. The minimum Gasteiger partial charge on any atom is -0.377 e. The van der Waals surface area contributed by atoms with E-state index < -0.39 is 48.2 Å². The van der Waals surface area contributed by atoms with E-state index in [4.69, 9.17) is 0 Å². The number of alkyl halides is 3. The number of likely N-dealkylation sites (N-methyl/N-ethyl adjacent to an activating group) is 1. The fraction of sp³-hybridized carbons (Fsp3) is 0.600. The highest BCUT2D eigenvalue weighted by Crippen LogP contribution is 2.51. The van der Waals surface area contributed by atoms with Crippen molar-refractivity contribution in [3.8, 4) is 0 Å². The van der Waals surface area contributed by atoms with E-state index >= 15 is 4.39 Å². The second-order valence-electron chi connectivity index (χ2n) is 12.3. The average molecular weight is 609 g/mol. The Balaban J connectivity index is 1.61. The fourth-order valence-corrected chi connectivity index (χ4v) is 5.78. The lowest BCUT2D eigenvalue weighted by molar-refractivity contribution is -0.159. The van der Waals surface area contributed by atoms with Gasteiger partial charge in [-0.1, -0.05) is 0 Å². The molecule has 2 fully saturated rings. The number of hydrogen-bond donors (Lipinski definition) is 2. The van der Waals surface area contributed by atoms with Crippen molar-refractivity contribution in [3.63, 3.8) is 0 Å². The number of aromatic nitrogens is 2. The summed E-state index contributed by atoms with van der Waals surface area (Å²) in [5.41, 5.74) is 0.704. The van der Waals surface area contributed by atoms with Gasteiger partial charge in [0.25, 0.3) is 5.91 Å². The summed E-state index contributed by atoms with van der Waals surface area (Å²) in [5, 5.41) is 9.81. The molecule has 2 aliphatic carbocycles. The Morgan fingerprint density at radius 2 is 1.65 bits per heavy atom. The minimum atomic E-state index is -4.58. The summed E-state index contributed by atoms with van der Waals surface area (Å²) in [6.45, 7) is 3.77. The zero-order valence-corrected chi connectivity index (χ0v) is 25.3. The SMILES string of the molecule is CC(C(=O)N(C)CC(F)(F)F)c1cc(F)c(NC(=O)C(NC(=O)c2ccnn2C(C)C)C(C2CC2)C2CC2)cc1N(C)C. The van der Waals surface area contributed by atoms with E-state index in [-0.39, 0.29) is 35.0 Å². The molecule has 2 N–H and O–H groups in total. The topological polar surface area (TPSA) is 99.6 Å². The van der Waals surface area contributed by atoms with Gasteiger partial charge in [0.2, 0.25) is 11.8 Å². The first-order chi connectivity index (χ1) is 20.1. The van der Waals surface area contributed by atoms with Crippen LogP contribution in [0.3, 0.4) is 0 Å². The van der Waals surface area contributed by atoms with E-state index in [0.29, 0.717) is 16.3 Å². The first kappa shape index (κ1) is 32.3. The van der Waals surface area contributed by atoms with Crippen molar-refractivity contribution in [1.82, 2.24) is 20.0 Å². The molecule has 0 radical (unpaired) electrons. The molecule has 2 atom stereocenters. The zero-order chi connectivity index (χ0) is 31.8. The zero-order valence-electron chi connectivity index (χ0n) is 25.3. The quantitative estimate of drug-likeness (QED) is 0.332. The van der Waals surface area contributed by atoms with Gasteiger partial charge < -0.3 is 20.4 Å². The number of nitrogens with one attached hydrogen (secondary N) is 2. The van der Waals surface area contributed by atoms with Crippen molar-refractivity contribution < 1.29 is 31.9 Å². The van der Waals surface area contributed by atoms with Crippen LogP contribution in [0.5, 0.6) is 0 Å². The van der Waals surface area contributed by atoms with E-state index in [0.717, 1.165) is 38.8 Å². The summed E-state index contributed by atoms with van der Waals surface area (Å²) in [5.74, 6) is -3.29. The second kappa shape index (κ2) is 12.5. The maximum absolute atomic E-state index is 15.5. The maximum atomic E-state index is 15.5. The van der Waals surface area contributed by atoms with Gasteiger partial charge in [-0.3, -0.25) is 19.1 Å². The highest BCUT2D eigenvalue weighted by molar-refractivity contribution is 6.01. The Morgan fingerprint density at radius 1 is 1.05 bits per heavy atom. The van der Waals surface area contributed by atoms with Crippen molar-refractivity contribution in [2.75, 3.05) is 37.9 Å². The number of benzene rings is 1. The number of carbonyl (C=O) groups excluding carboxylic acids is 3. The van der Waals surface area contributed by atoms with Gasteiger partial charge in [0.15, 0.2) is 0 Å². The third-order valence-corrected chi connectivity index (χ3v) is 8.16. The first-order valence-electron chi connectivity index (χ1n) is 14.6. The lowest BCUT2D eigenvalue weighted by Gasteiger charge is -2.29. The summed E-state index contributed by atoms with van der Waals surface area (Å²) in [6, 6.07) is 3.03. The summed E-state index contributed by atoms with van der Waals surface area (Å²) in [4.78, 5) is 42.2. The number of hydrogen-bond acceptors (Lipinski definition) is 5. The monoisotopic (exact) mass is 608 g/mol. The van der Waals surface area contributed by atoms with Crippen molar-refractivity contribution in [2.24, 2.45) is 17.8 Å². The van der Waals surface area contributed by atoms with Crippen molar-refractivity contribution >= 4 is 29.1 Å². The van der Waals surface area contributed by atoms with Gasteiger partial charge in [0.05, 0.1) is 11.6 Å². The molecule has 1 aromatic carbocycles. The highest BCUT2D eigenvalue weighted by atomic mass is 19.4. The third kappa shape index (κ3) is 7.66. The molecule has 0 spiro atoms. The average Bonchev–Trinajstić information content (AvgIpc) is 3.86. The molecule has 43 heavy (non-hydrogen) atoms. The molecular formula is C30H40F4N6O3. The largest absolute Gasteiger partial charge is 0.406 e. The Labute approximate surface area is 249 Å². The van der Waals surface area contributed by atoms with Gasteiger partial charge in [-0.2, -0.15) is 18.3 Å². The van der Waals surface area contributed by atoms with Crippen LogP contribution < -0.4 is 15.5 Å². The fourth-order valence-electron chi connectivity index (χ4n) is 5.78. The molecule has 2 aliphatic rings. The van der Waals surface area contributed by atoms with Gasteiger partial charge in [-0.25, -0.2) is 4.39 Å². The number of rotatable bonds is 12. The predicted molar refractivity (Wildman–Crippen MR) is 154 cm³/mol. The van der Waals surface area contributed by atoms with Crippen LogP contribution in [0.15, 0.2) is 24.4 Å². The molecule has 3 amide bonds. The van der Waals surface area contributed by atoms with Crippen LogP contribution in [0.1, 0.15) is 74.5 Å². The van der Waals surface area contributed by atoms with E-state index in [1.165, 1.54) is 19.2 Å². The van der Waals surface area contributed by atoms with Gasteiger partial charge in [-0.15, -0.1) is 0 Å². The standard InChI is InChI=1S/C30H40F4N6O3/c1-16(2)40-23(11-12-35-40)27(41)37-26(25(18-7-8-18)19-9-10-19)28(42)36-22-14-24(38(4)5)20(13-21(22)31)17(3)29(43)39(6)15-30(32,33)34/h11-14,16-19,25-26H,7-10,15H2,1-6H3,(H,36,42)(H,37,41). The summed E-state index contributed by atoms with van der Waals surface area (Å²) < 4.78 is 55.8. The highest BCUT2D eigenvalue weighted by Gasteiger charge is 2.48. The number of nitrogens with zero attached hydrogens (tertiary/aromatic N) is 4. The number of anilines is 2. The molecule has 0 aliphatic heterocycles. The second-order valence-corrected chi connectivity index (χ2v) is 12.3. The van der Waals surface area contributed by atoms with Crippen LogP contribution in [-0.4, -0.2) is 72.3 Å². The molecule has 2 aromatic rings. The Kier molecular flexibility index (Phi) is 9.41. The Bertz CT molecular complexity index is 1340. The van der Waals surface area contributed by atoms with Crippen LogP contribution in [0.4, 0.5) is 28.9 Å². The molecule has 2 unspecified atom stereocenters. The molecule has 4 rings (SSSR count). The van der Waals surface area contributed by atoms with E-state index in [1.807, 2.05) is 13.8 Å². The van der Waals surface area contributed by atoms with Gasteiger partial charge in [0.1, 0.15) is 24.1 Å². The lowest BCUT2D eigenvalue weighted by atomic mass is 9.88. The number of amides is 3. The Morgan fingerprint density at radius 3 is 2.16 bits per heavy atom. The van der Waals surface area contributed by atoms with Gasteiger partial charge >= 0.3 is 6.18 Å². The van der Waals surface area contributed by atoms with Crippen LogP contribution in [0.25, 0.3) is 0 Å². The van der Waals surface area contributed by atoms with Gasteiger partial charge in [0, 0.05) is 39.1 Å². The van der Waals surface area contributed by atoms with E-state index in [2.05, 4.69) is 15.7 Å². The minimum absolute atomic E-state index is 0.0784. The van der Waals surface area contributed by atoms with Gasteiger partial charge in [-0.05, 0) is 88.0 Å². The lowest BCUT2D eigenvalue weighted by Crippen LogP contribution is -2.50. The smallest absolute Gasteiger partial charge is 0.377 e. The van der Waals surface area contributed by atoms with Crippen LogP contribution >= 0.6 is 0 Å². The molecule has 1 heterocycles. The molecule has 0 bridgehead atoms. The van der Waals surface area contributed by atoms with Crippen molar-refractivity contribution in [3.05, 3.63) is 41.5 Å². The first-order valence-corrected chi connectivity index (χ1v) is 14.6. The molecule has 236 valence electrons. The Hall–Kier alpha value is -3.64. The number of carbonyl (C=O) groups is 3. The normalized spacial score (nSPS) is 16.7. The summed E-state index contributed by atoms with van der Waals surface area (Å²) >= 11 is 0. The van der Waals surface area contributed by atoms with Crippen LogP contribution in [-0.2, 0) is 9.59 Å². The van der Waals surface area contributed by atoms with E-state index in [1.54, 1.807) is 29.7 Å². The van der Waals surface area contributed by atoms with E-state index in [9.17, 15) is 27.6 Å². The summed E-state index contributed by atoms with van der Waals surface area (Å²) in [6.07, 6.45) is 0.754. The molecule has 13 heteroatoms. The molecule has 2 saturated carbocycles. The van der Waals surface area contributed by atoms with Crippen LogP contribution in [0, 0.1) is 23.6 Å². The molecule has 0 saturated heterocycles. The van der Waals surface area contributed by atoms with Crippen LogP contribution in [0.2, 0.25) is 0 Å². The number of halogens is 4. The van der Waals surface area contributed by atoms with Crippen molar-refractivity contribution in [1.29, 1.82) is 0 Å².